The van der Waals surface area contributed by atoms with Crippen molar-refractivity contribution in [3.63, 3.8) is 0 Å². The molecule has 2 atom stereocenters. The lowest BCUT2D eigenvalue weighted by molar-refractivity contribution is -0.137. The summed E-state index contributed by atoms with van der Waals surface area (Å²) < 4.78 is 36.9. The number of hydrogen-bond donors (Lipinski definition) is 1. The topological polar surface area (TPSA) is 29.1 Å². The number of anilines is 1. The summed E-state index contributed by atoms with van der Waals surface area (Å²) in [6, 6.07) is 4.47. The number of amides is 1. The summed E-state index contributed by atoms with van der Waals surface area (Å²) in [5, 5.41) is 2.61. The molecule has 0 spiro atoms. The third-order valence-electron chi connectivity index (χ3n) is 2.93. The molecule has 2 nitrogen and oxygen atoms in total. The van der Waals surface area contributed by atoms with E-state index in [4.69, 9.17) is 0 Å². The average molecular weight is 243 g/mol. The molecule has 0 saturated heterocycles. The van der Waals surface area contributed by atoms with E-state index in [0.717, 1.165) is 18.6 Å². The Bertz CT molecular complexity index is 424. The molecule has 1 aliphatic rings. The molecule has 0 aromatic heterocycles. The highest BCUT2D eigenvalue weighted by atomic mass is 19.4. The maximum absolute atomic E-state index is 12.3. The molecule has 1 aromatic rings. The van der Waals surface area contributed by atoms with Gasteiger partial charge in [-0.3, -0.25) is 4.79 Å². The monoisotopic (exact) mass is 243 g/mol. The number of nitrogens with one attached hydrogen (secondary N) is 1. The van der Waals surface area contributed by atoms with Crippen molar-refractivity contribution in [2.75, 3.05) is 5.32 Å². The van der Waals surface area contributed by atoms with Gasteiger partial charge in [0.2, 0.25) is 5.91 Å². The molecule has 92 valence electrons. The lowest BCUT2D eigenvalue weighted by Gasteiger charge is -2.08. The summed E-state index contributed by atoms with van der Waals surface area (Å²) in [4.78, 5) is 11.5. The molecule has 17 heavy (non-hydrogen) atoms. The van der Waals surface area contributed by atoms with Gasteiger partial charge in [0.1, 0.15) is 0 Å². The highest BCUT2D eigenvalue weighted by molar-refractivity contribution is 5.94. The molecular formula is C12H12F3NO. The summed E-state index contributed by atoms with van der Waals surface area (Å²) in [6.45, 7) is 1.97. The Labute approximate surface area is 96.8 Å². The average Bonchev–Trinajstić information content (AvgIpc) is 2.95. The molecule has 0 aliphatic heterocycles. The van der Waals surface area contributed by atoms with E-state index in [1.54, 1.807) is 0 Å². The molecule has 0 heterocycles. The third kappa shape index (κ3) is 2.78. The summed E-state index contributed by atoms with van der Waals surface area (Å²) in [7, 11) is 0. The van der Waals surface area contributed by atoms with Crippen LogP contribution < -0.4 is 5.32 Å². The number of hydrogen-bond acceptors (Lipinski definition) is 1. The van der Waals surface area contributed by atoms with Crippen molar-refractivity contribution in [3.8, 4) is 0 Å². The van der Waals surface area contributed by atoms with Crippen LogP contribution in [0.5, 0.6) is 0 Å². The molecule has 1 fully saturated rings. The van der Waals surface area contributed by atoms with Crippen molar-refractivity contribution in [1.29, 1.82) is 0 Å². The standard InChI is InChI=1S/C12H12F3NO/c1-7-6-10(7)11(17)16-9-4-2-8(3-5-9)12(13,14)15/h2-5,7,10H,6H2,1H3,(H,16,17)/t7-,10+/m0/s1. The van der Waals surface area contributed by atoms with Gasteiger partial charge >= 0.3 is 6.18 Å². The van der Waals surface area contributed by atoms with E-state index in [1.165, 1.54) is 12.1 Å². The van der Waals surface area contributed by atoms with Crippen LogP contribution in [0.25, 0.3) is 0 Å². The summed E-state index contributed by atoms with van der Waals surface area (Å²) in [5.41, 5.74) is -0.308. The zero-order valence-corrected chi connectivity index (χ0v) is 9.21. The number of benzene rings is 1. The van der Waals surface area contributed by atoms with E-state index in [2.05, 4.69) is 5.32 Å². The van der Waals surface area contributed by atoms with Crippen LogP contribution in [0.4, 0.5) is 18.9 Å². The van der Waals surface area contributed by atoms with Crippen molar-refractivity contribution >= 4 is 11.6 Å². The van der Waals surface area contributed by atoms with Gasteiger partial charge in [0.15, 0.2) is 0 Å². The van der Waals surface area contributed by atoms with Crippen LogP contribution in [0.1, 0.15) is 18.9 Å². The minimum Gasteiger partial charge on any atom is -0.326 e. The third-order valence-corrected chi connectivity index (χ3v) is 2.93. The van der Waals surface area contributed by atoms with Crippen LogP contribution in [0.3, 0.4) is 0 Å². The zero-order chi connectivity index (χ0) is 12.6. The smallest absolute Gasteiger partial charge is 0.326 e. The van der Waals surface area contributed by atoms with E-state index >= 15 is 0 Å². The molecule has 2 rings (SSSR count). The maximum atomic E-state index is 12.3. The number of halogens is 3. The lowest BCUT2D eigenvalue weighted by Crippen LogP contribution is -2.14. The van der Waals surface area contributed by atoms with Gasteiger partial charge in [0.05, 0.1) is 5.56 Å². The first-order chi connectivity index (χ1) is 7.88. The number of carbonyl (C=O) groups excluding carboxylic acids is 1. The Hall–Kier alpha value is -1.52. The van der Waals surface area contributed by atoms with E-state index in [0.29, 0.717) is 11.6 Å². The van der Waals surface area contributed by atoms with Crippen molar-refractivity contribution < 1.29 is 18.0 Å². The second-order valence-corrected chi connectivity index (χ2v) is 4.38. The summed E-state index contributed by atoms with van der Waals surface area (Å²) >= 11 is 0. The van der Waals surface area contributed by atoms with Gasteiger partial charge in [0.25, 0.3) is 0 Å². The van der Waals surface area contributed by atoms with E-state index in [-0.39, 0.29) is 11.8 Å². The molecular weight excluding hydrogens is 231 g/mol. The fourth-order valence-corrected chi connectivity index (χ4v) is 1.66. The predicted octanol–water partition coefficient (Wildman–Crippen LogP) is 3.30. The summed E-state index contributed by atoms with van der Waals surface area (Å²) in [6.07, 6.45) is -3.49. The fourth-order valence-electron chi connectivity index (χ4n) is 1.66. The first-order valence-corrected chi connectivity index (χ1v) is 5.36. The molecule has 5 heteroatoms. The largest absolute Gasteiger partial charge is 0.416 e. The highest BCUT2D eigenvalue weighted by Gasteiger charge is 2.39. The fraction of sp³-hybridized carbons (Fsp3) is 0.417. The second kappa shape index (κ2) is 4.05. The molecule has 1 saturated carbocycles. The molecule has 0 radical (unpaired) electrons. The highest BCUT2D eigenvalue weighted by Crippen LogP contribution is 2.38. The molecule has 1 amide bonds. The Kier molecular flexibility index (Phi) is 2.85. The van der Waals surface area contributed by atoms with Crippen molar-refractivity contribution in [3.05, 3.63) is 29.8 Å². The van der Waals surface area contributed by atoms with Crippen molar-refractivity contribution in [1.82, 2.24) is 0 Å². The van der Waals surface area contributed by atoms with Gasteiger partial charge in [-0.2, -0.15) is 13.2 Å². The van der Waals surface area contributed by atoms with Crippen LogP contribution in [0, 0.1) is 11.8 Å². The first kappa shape index (κ1) is 12.0. The van der Waals surface area contributed by atoms with Gasteiger partial charge in [-0.1, -0.05) is 6.92 Å². The van der Waals surface area contributed by atoms with E-state index in [1.807, 2.05) is 6.92 Å². The van der Waals surface area contributed by atoms with Gasteiger partial charge in [-0.15, -0.1) is 0 Å². The summed E-state index contributed by atoms with van der Waals surface area (Å²) in [5.74, 6) is 0.277. The van der Waals surface area contributed by atoms with Crippen molar-refractivity contribution in [2.24, 2.45) is 11.8 Å². The Morgan fingerprint density at radius 1 is 1.29 bits per heavy atom. The molecule has 1 aliphatic carbocycles. The SMILES string of the molecule is C[C@H]1C[C@H]1C(=O)Nc1ccc(C(F)(F)F)cc1. The minimum atomic E-state index is -4.34. The Morgan fingerprint density at radius 3 is 2.24 bits per heavy atom. The van der Waals surface area contributed by atoms with Gasteiger partial charge < -0.3 is 5.32 Å². The number of alkyl halides is 3. The molecule has 0 bridgehead atoms. The van der Waals surface area contributed by atoms with Crippen LogP contribution in [-0.2, 0) is 11.0 Å². The van der Waals surface area contributed by atoms with E-state index < -0.39 is 11.7 Å². The minimum absolute atomic E-state index is 0.0114. The first-order valence-electron chi connectivity index (χ1n) is 5.36. The van der Waals surface area contributed by atoms with E-state index in [9.17, 15) is 18.0 Å². The quantitative estimate of drug-likeness (QED) is 0.848. The number of rotatable bonds is 2. The van der Waals surface area contributed by atoms with Crippen LogP contribution in [-0.4, -0.2) is 5.91 Å². The zero-order valence-electron chi connectivity index (χ0n) is 9.21. The van der Waals surface area contributed by atoms with Gasteiger partial charge in [-0.25, -0.2) is 0 Å². The van der Waals surface area contributed by atoms with Gasteiger partial charge in [0, 0.05) is 11.6 Å². The number of carbonyl (C=O) groups is 1. The lowest BCUT2D eigenvalue weighted by atomic mass is 10.2. The predicted molar refractivity (Wildman–Crippen MR) is 57.3 cm³/mol. The van der Waals surface area contributed by atoms with Crippen LogP contribution in [0.15, 0.2) is 24.3 Å². The van der Waals surface area contributed by atoms with Crippen LogP contribution >= 0.6 is 0 Å². The second-order valence-electron chi connectivity index (χ2n) is 4.38. The normalized spacial score (nSPS) is 23.3. The van der Waals surface area contributed by atoms with Gasteiger partial charge in [-0.05, 0) is 36.6 Å². The maximum Gasteiger partial charge on any atom is 0.416 e. The Morgan fingerprint density at radius 2 is 1.82 bits per heavy atom. The Balaban J connectivity index is 2.01. The molecule has 1 aromatic carbocycles. The van der Waals surface area contributed by atoms with Crippen molar-refractivity contribution in [2.45, 2.75) is 19.5 Å². The molecule has 1 N–H and O–H groups in total. The molecule has 0 unspecified atom stereocenters. The van der Waals surface area contributed by atoms with Crippen LogP contribution in [0.2, 0.25) is 0 Å².